The Kier molecular flexibility index (Phi) is 30.9. The summed E-state index contributed by atoms with van der Waals surface area (Å²) >= 11 is 0. The minimum absolute atomic E-state index is 1.20. The van der Waals surface area contributed by atoms with Crippen LogP contribution in [-0.4, -0.2) is 4.98 Å². The fourth-order valence-corrected chi connectivity index (χ4v) is 6.67. The maximum absolute atomic E-state index is 3.53. The second-order valence-electron chi connectivity index (χ2n) is 13.8. The van der Waals surface area contributed by atoms with Crippen molar-refractivity contribution in [1.82, 2.24) is 4.98 Å². The van der Waals surface area contributed by atoms with Gasteiger partial charge in [-0.25, -0.2) is 9.55 Å². The van der Waals surface area contributed by atoms with Gasteiger partial charge in [-0.15, -0.1) is 0 Å². The Bertz CT molecular complexity index is 621. The van der Waals surface area contributed by atoms with Crippen LogP contribution in [0.4, 0.5) is 0 Å². The van der Waals surface area contributed by atoms with Gasteiger partial charge in [0.05, 0.1) is 6.54 Å². The molecule has 0 saturated carbocycles. The van der Waals surface area contributed by atoms with Gasteiger partial charge in [-0.3, -0.25) is 0 Å². The second-order valence-corrected chi connectivity index (χ2v) is 13.8. The lowest BCUT2D eigenvalue weighted by molar-refractivity contribution is -0.703. The molecule has 42 heavy (non-hydrogen) atoms. The topological polar surface area (TPSA) is 19.7 Å². The van der Waals surface area contributed by atoms with Crippen LogP contribution in [0.1, 0.15) is 232 Å². The molecule has 0 aliphatic rings. The molecule has 0 amide bonds. The maximum Gasteiger partial charge on any atom is 0.254 e. The van der Waals surface area contributed by atoms with Crippen LogP contribution in [0, 0.1) is 0 Å². The van der Waals surface area contributed by atoms with Crippen molar-refractivity contribution in [3.05, 3.63) is 18.2 Å². The molecule has 1 heterocycles. The molecule has 0 aliphatic heterocycles. The average Bonchev–Trinajstić information content (AvgIpc) is 3.45. The van der Waals surface area contributed by atoms with Crippen LogP contribution < -0.4 is 4.57 Å². The van der Waals surface area contributed by atoms with Gasteiger partial charge in [0.25, 0.3) is 5.82 Å². The Morgan fingerprint density at radius 3 is 1.00 bits per heavy atom. The summed E-state index contributed by atoms with van der Waals surface area (Å²) in [5.74, 6) is 1.46. The van der Waals surface area contributed by atoms with Crippen molar-refractivity contribution >= 4 is 0 Å². The standard InChI is InChI=1S/C40H78N2/c1-3-5-7-9-11-13-15-17-19-21-22-24-26-28-30-32-34-36-40-41-37-39-42(40)38-35-33-31-29-27-25-23-20-18-16-14-12-10-8-6-4-2/h37,39H,3-36,38H2,1-2H3/p+1. The van der Waals surface area contributed by atoms with E-state index in [0.29, 0.717) is 0 Å². The van der Waals surface area contributed by atoms with Gasteiger partial charge in [-0.2, -0.15) is 0 Å². The molecule has 0 radical (unpaired) electrons. The number of aromatic amines is 1. The minimum Gasteiger partial charge on any atom is -0.248 e. The first-order valence-electron chi connectivity index (χ1n) is 19.9. The van der Waals surface area contributed by atoms with E-state index in [1.807, 2.05) is 0 Å². The lowest BCUT2D eigenvalue weighted by Gasteiger charge is -2.04. The average molecular weight is 588 g/mol. The van der Waals surface area contributed by atoms with Crippen LogP contribution in [-0.2, 0) is 13.0 Å². The smallest absolute Gasteiger partial charge is 0.248 e. The first-order chi connectivity index (χ1) is 20.9. The van der Waals surface area contributed by atoms with E-state index in [4.69, 9.17) is 0 Å². The first-order valence-corrected chi connectivity index (χ1v) is 19.9. The number of rotatable bonds is 35. The molecule has 0 unspecified atom stereocenters. The van der Waals surface area contributed by atoms with Crippen LogP contribution in [0.15, 0.2) is 12.4 Å². The summed E-state index contributed by atoms with van der Waals surface area (Å²) in [7, 11) is 0. The highest BCUT2D eigenvalue weighted by atomic mass is 15.1. The number of nitrogens with zero attached hydrogens (tertiary/aromatic N) is 1. The fourth-order valence-electron chi connectivity index (χ4n) is 6.67. The third-order valence-corrected chi connectivity index (χ3v) is 9.62. The van der Waals surface area contributed by atoms with Gasteiger partial charge in [0.1, 0.15) is 12.4 Å². The molecule has 1 N–H and O–H groups in total. The summed E-state index contributed by atoms with van der Waals surface area (Å²) in [6.45, 7) is 5.82. The van der Waals surface area contributed by atoms with Crippen molar-refractivity contribution in [2.45, 2.75) is 239 Å². The highest BCUT2D eigenvalue weighted by molar-refractivity contribution is 4.77. The Balaban J connectivity index is 1.81. The number of imidazole rings is 1. The van der Waals surface area contributed by atoms with Crippen molar-refractivity contribution in [3.63, 3.8) is 0 Å². The van der Waals surface area contributed by atoms with Gasteiger partial charge in [0, 0.05) is 6.42 Å². The van der Waals surface area contributed by atoms with Crippen LogP contribution >= 0.6 is 0 Å². The summed E-state index contributed by atoms with van der Waals surface area (Å²) in [4.78, 5) is 3.53. The Morgan fingerprint density at radius 1 is 0.381 bits per heavy atom. The van der Waals surface area contributed by atoms with Gasteiger partial charge < -0.3 is 0 Å². The van der Waals surface area contributed by atoms with Gasteiger partial charge in [-0.05, 0) is 19.3 Å². The minimum atomic E-state index is 1.20. The molecular weight excluding hydrogens is 508 g/mol. The van der Waals surface area contributed by atoms with E-state index in [2.05, 4.69) is 35.8 Å². The Morgan fingerprint density at radius 2 is 0.667 bits per heavy atom. The SMILES string of the molecule is CCCCCCCCCCCCCCCCCCCc1[nH]cc[n+]1CCCCCCCCCCCCCCCCCC. The van der Waals surface area contributed by atoms with Crippen molar-refractivity contribution in [2.75, 3.05) is 0 Å². The molecule has 2 nitrogen and oxygen atoms in total. The monoisotopic (exact) mass is 588 g/mol. The maximum atomic E-state index is 3.53. The van der Waals surface area contributed by atoms with E-state index in [1.165, 1.54) is 231 Å². The molecule has 0 aromatic carbocycles. The molecule has 0 atom stereocenters. The lowest BCUT2D eigenvalue weighted by Crippen LogP contribution is -2.36. The van der Waals surface area contributed by atoms with Crippen LogP contribution in [0.2, 0.25) is 0 Å². The number of aromatic nitrogens is 2. The number of hydrogen-bond donors (Lipinski definition) is 1. The van der Waals surface area contributed by atoms with Crippen molar-refractivity contribution < 1.29 is 4.57 Å². The molecular formula is C40H79N2+. The normalized spacial score (nSPS) is 11.6. The largest absolute Gasteiger partial charge is 0.254 e. The fraction of sp³-hybridized carbons (Fsp3) is 0.925. The van der Waals surface area contributed by atoms with Crippen LogP contribution in [0.5, 0.6) is 0 Å². The predicted molar refractivity (Wildman–Crippen MR) is 188 cm³/mol. The number of nitrogens with one attached hydrogen (secondary N) is 1. The van der Waals surface area contributed by atoms with E-state index in [1.54, 1.807) is 0 Å². The zero-order chi connectivity index (χ0) is 30.0. The number of unbranched alkanes of at least 4 members (excludes halogenated alkanes) is 31. The molecule has 1 aromatic heterocycles. The second kappa shape index (κ2) is 33.1. The number of H-pyrrole nitrogens is 1. The van der Waals surface area contributed by atoms with Gasteiger partial charge in [-0.1, -0.05) is 206 Å². The zero-order valence-corrected chi connectivity index (χ0v) is 29.4. The quantitative estimate of drug-likeness (QED) is 0.0602. The van der Waals surface area contributed by atoms with E-state index in [9.17, 15) is 0 Å². The molecule has 0 spiro atoms. The van der Waals surface area contributed by atoms with Crippen molar-refractivity contribution in [3.8, 4) is 0 Å². The van der Waals surface area contributed by atoms with Gasteiger partial charge in [0.15, 0.2) is 0 Å². The third-order valence-electron chi connectivity index (χ3n) is 9.62. The highest BCUT2D eigenvalue weighted by Gasteiger charge is 2.09. The van der Waals surface area contributed by atoms with Gasteiger partial charge >= 0.3 is 0 Å². The summed E-state index contributed by atoms with van der Waals surface area (Å²) in [6, 6.07) is 0. The lowest BCUT2D eigenvalue weighted by atomic mass is 10.0. The number of hydrogen-bond acceptors (Lipinski definition) is 0. The summed E-state index contributed by atoms with van der Waals surface area (Å²) in [5, 5.41) is 0. The van der Waals surface area contributed by atoms with E-state index in [-0.39, 0.29) is 0 Å². The van der Waals surface area contributed by atoms with Crippen molar-refractivity contribution in [1.29, 1.82) is 0 Å². The molecule has 248 valence electrons. The van der Waals surface area contributed by atoms with Crippen LogP contribution in [0.25, 0.3) is 0 Å². The zero-order valence-electron chi connectivity index (χ0n) is 29.4. The first kappa shape index (κ1) is 39.2. The molecule has 1 rings (SSSR count). The molecule has 0 fully saturated rings. The highest BCUT2D eigenvalue weighted by Crippen LogP contribution is 2.16. The summed E-state index contributed by atoms with van der Waals surface area (Å²) in [5.41, 5.74) is 0. The molecule has 0 saturated heterocycles. The van der Waals surface area contributed by atoms with Crippen LogP contribution in [0.3, 0.4) is 0 Å². The third kappa shape index (κ3) is 26.8. The summed E-state index contributed by atoms with van der Waals surface area (Å²) in [6.07, 6.45) is 53.4. The van der Waals surface area contributed by atoms with Gasteiger partial charge in [0.2, 0.25) is 0 Å². The molecule has 1 aromatic rings. The van der Waals surface area contributed by atoms with E-state index >= 15 is 0 Å². The Labute approximate surface area is 266 Å². The van der Waals surface area contributed by atoms with E-state index < -0.39 is 0 Å². The summed E-state index contributed by atoms with van der Waals surface area (Å²) < 4.78 is 2.50. The van der Waals surface area contributed by atoms with Crippen molar-refractivity contribution in [2.24, 2.45) is 0 Å². The Hall–Kier alpha value is -0.790. The predicted octanol–water partition coefficient (Wildman–Crippen LogP) is 13.8. The van der Waals surface area contributed by atoms with E-state index in [0.717, 1.165) is 0 Å². The number of aryl methyl sites for hydroxylation is 2. The molecule has 0 bridgehead atoms. The molecule has 0 aliphatic carbocycles. The molecule has 2 heteroatoms.